The summed E-state index contributed by atoms with van der Waals surface area (Å²) in [5.41, 5.74) is 2.23. The molecule has 1 aliphatic heterocycles. The van der Waals surface area contributed by atoms with Crippen LogP contribution in [-0.4, -0.2) is 28.1 Å². The molecule has 6 nitrogen and oxygen atoms in total. The predicted molar refractivity (Wildman–Crippen MR) is 119 cm³/mol. The van der Waals surface area contributed by atoms with E-state index in [4.69, 9.17) is 0 Å². The maximum absolute atomic E-state index is 12.8. The summed E-state index contributed by atoms with van der Waals surface area (Å²) in [6.07, 6.45) is 7.98. The molecule has 3 unspecified atom stereocenters. The van der Waals surface area contributed by atoms with Crippen molar-refractivity contribution >= 4 is 34.8 Å². The fourth-order valence-electron chi connectivity index (χ4n) is 7.30. The molecule has 1 saturated heterocycles. The van der Waals surface area contributed by atoms with Gasteiger partial charge in [0.2, 0.25) is 0 Å². The summed E-state index contributed by atoms with van der Waals surface area (Å²) in [7, 11) is 0. The number of carbonyl (C=O) groups is 2. The molecule has 6 rings (SSSR count). The Balaban J connectivity index is 1.24. The van der Waals surface area contributed by atoms with Gasteiger partial charge in [-0.25, -0.2) is 4.79 Å². The van der Waals surface area contributed by atoms with Crippen LogP contribution in [-0.2, 0) is 0 Å². The Morgan fingerprint density at radius 1 is 1.13 bits per heavy atom. The van der Waals surface area contributed by atoms with Crippen molar-refractivity contribution in [3.05, 3.63) is 34.7 Å². The van der Waals surface area contributed by atoms with Gasteiger partial charge in [0.05, 0.1) is 0 Å². The third-order valence-electron chi connectivity index (χ3n) is 7.22. The SMILES string of the molecule is CC12CC3CC(C)(C1)CC(NC(=O)Nc1ccc(/C=C4/SC(=O)NC4O)cc1)(C3)C2. The summed E-state index contributed by atoms with van der Waals surface area (Å²) >= 11 is 0.995. The number of hydrogen-bond donors (Lipinski definition) is 4. The Hall–Kier alpha value is -1.99. The molecule has 1 heterocycles. The van der Waals surface area contributed by atoms with E-state index in [1.807, 2.05) is 24.3 Å². The monoisotopic (exact) mass is 427 g/mol. The minimum absolute atomic E-state index is 0.0767. The molecule has 1 aromatic rings. The van der Waals surface area contributed by atoms with Gasteiger partial charge in [0.15, 0.2) is 6.23 Å². The highest BCUT2D eigenvalue weighted by Crippen LogP contribution is 2.66. The first-order valence-corrected chi connectivity index (χ1v) is 11.5. The van der Waals surface area contributed by atoms with E-state index in [2.05, 4.69) is 29.8 Å². The van der Waals surface area contributed by atoms with Gasteiger partial charge in [0.25, 0.3) is 5.24 Å². The molecule has 0 aromatic heterocycles. The van der Waals surface area contributed by atoms with Gasteiger partial charge in [0.1, 0.15) is 0 Å². The van der Waals surface area contributed by atoms with E-state index in [1.54, 1.807) is 6.08 Å². The maximum atomic E-state index is 12.8. The standard InChI is InChI=1S/C23H29N3O3S/c1-21-8-15-9-22(2,11-21)13-23(10-15,12-21)26-19(28)24-16-5-3-14(4-6-16)7-17-18(27)25-20(29)30-17/h3-7,15,18,27H,8-13H2,1-2H3,(H,25,29)(H2,24,26,28)/b17-7+. The van der Waals surface area contributed by atoms with Crippen LogP contribution in [0.3, 0.4) is 0 Å². The van der Waals surface area contributed by atoms with Crippen molar-refractivity contribution in [3.63, 3.8) is 0 Å². The number of nitrogens with one attached hydrogen (secondary N) is 3. The van der Waals surface area contributed by atoms with E-state index >= 15 is 0 Å². The molecule has 4 aliphatic carbocycles. The molecule has 5 fully saturated rings. The van der Waals surface area contributed by atoms with Crippen molar-refractivity contribution in [1.82, 2.24) is 10.6 Å². The normalized spacial score (nSPS) is 40.5. The van der Waals surface area contributed by atoms with Gasteiger partial charge in [-0.05, 0) is 90.8 Å². The molecule has 4 saturated carbocycles. The molecule has 30 heavy (non-hydrogen) atoms. The van der Waals surface area contributed by atoms with Crippen LogP contribution < -0.4 is 16.0 Å². The van der Waals surface area contributed by atoms with Crippen molar-refractivity contribution in [2.24, 2.45) is 16.7 Å². The van der Waals surface area contributed by atoms with E-state index in [9.17, 15) is 14.7 Å². The summed E-state index contributed by atoms with van der Waals surface area (Å²) in [5, 5.41) is 18.3. The summed E-state index contributed by atoms with van der Waals surface area (Å²) < 4.78 is 0. The first kappa shape index (κ1) is 19.9. The van der Waals surface area contributed by atoms with Crippen LogP contribution in [0.4, 0.5) is 15.3 Å². The van der Waals surface area contributed by atoms with Crippen LogP contribution in [0.1, 0.15) is 57.9 Å². The lowest BCUT2D eigenvalue weighted by molar-refractivity contribution is -0.113. The third kappa shape index (κ3) is 3.73. The van der Waals surface area contributed by atoms with Gasteiger partial charge in [-0.1, -0.05) is 26.0 Å². The van der Waals surface area contributed by atoms with Crippen LogP contribution in [0.2, 0.25) is 0 Å². The van der Waals surface area contributed by atoms with Crippen molar-refractivity contribution in [2.75, 3.05) is 5.32 Å². The average molecular weight is 428 g/mol. The number of amides is 3. The van der Waals surface area contributed by atoms with Crippen LogP contribution in [0.5, 0.6) is 0 Å². The molecule has 3 atom stereocenters. The molecular weight excluding hydrogens is 398 g/mol. The zero-order valence-corrected chi connectivity index (χ0v) is 18.3. The predicted octanol–water partition coefficient (Wildman–Crippen LogP) is 4.67. The number of benzene rings is 1. The quantitative estimate of drug-likeness (QED) is 0.564. The number of carbonyl (C=O) groups excluding carboxylic acids is 2. The second-order valence-corrected chi connectivity index (χ2v) is 11.6. The van der Waals surface area contributed by atoms with Crippen molar-refractivity contribution in [2.45, 2.75) is 64.1 Å². The van der Waals surface area contributed by atoms with E-state index in [-0.39, 0.29) is 16.8 Å². The molecule has 0 spiro atoms. The molecule has 0 radical (unpaired) electrons. The minimum Gasteiger partial charge on any atom is -0.369 e. The largest absolute Gasteiger partial charge is 0.369 e. The van der Waals surface area contributed by atoms with Gasteiger partial charge in [0, 0.05) is 16.1 Å². The lowest BCUT2D eigenvalue weighted by Crippen LogP contribution is -2.65. The Bertz CT molecular complexity index is 910. The van der Waals surface area contributed by atoms with Gasteiger partial charge in [-0.15, -0.1) is 0 Å². The number of urea groups is 1. The minimum atomic E-state index is -0.949. The van der Waals surface area contributed by atoms with Gasteiger partial charge in [-0.3, -0.25) is 4.79 Å². The summed E-state index contributed by atoms with van der Waals surface area (Å²) in [5.74, 6) is 0.731. The number of rotatable bonds is 3. The molecule has 4 bridgehead atoms. The fourth-order valence-corrected chi connectivity index (χ4v) is 8.05. The molecule has 3 amide bonds. The third-order valence-corrected chi connectivity index (χ3v) is 8.10. The van der Waals surface area contributed by atoms with E-state index < -0.39 is 6.23 Å². The van der Waals surface area contributed by atoms with Crippen LogP contribution >= 0.6 is 11.8 Å². The van der Waals surface area contributed by atoms with Gasteiger partial charge >= 0.3 is 6.03 Å². The molecule has 1 aromatic carbocycles. The number of hydrogen-bond acceptors (Lipinski definition) is 4. The van der Waals surface area contributed by atoms with Crippen LogP contribution in [0.25, 0.3) is 6.08 Å². The lowest BCUT2D eigenvalue weighted by Gasteiger charge is -2.65. The molecule has 5 aliphatic rings. The smallest absolute Gasteiger partial charge is 0.319 e. The zero-order valence-electron chi connectivity index (χ0n) is 17.5. The zero-order chi connectivity index (χ0) is 21.1. The molecule has 4 N–H and O–H groups in total. The van der Waals surface area contributed by atoms with Crippen molar-refractivity contribution in [3.8, 4) is 0 Å². The number of aliphatic hydroxyl groups is 1. The Morgan fingerprint density at radius 2 is 1.80 bits per heavy atom. The molecule has 160 valence electrons. The summed E-state index contributed by atoms with van der Waals surface area (Å²) in [4.78, 5) is 24.7. The molecular formula is C23H29N3O3S. The topological polar surface area (TPSA) is 90.5 Å². The summed E-state index contributed by atoms with van der Waals surface area (Å²) in [6.45, 7) is 4.81. The van der Waals surface area contributed by atoms with Gasteiger partial charge in [-0.2, -0.15) is 0 Å². The Morgan fingerprint density at radius 3 is 2.37 bits per heavy atom. The van der Waals surface area contributed by atoms with E-state index in [0.717, 1.165) is 48.2 Å². The van der Waals surface area contributed by atoms with Gasteiger partial charge < -0.3 is 21.1 Å². The summed E-state index contributed by atoms with van der Waals surface area (Å²) in [6, 6.07) is 7.29. The second-order valence-electron chi connectivity index (χ2n) is 10.6. The first-order chi connectivity index (χ1) is 14.1. The number of thioether (sulfide) groups is 1. The maximum Gasteiger partial charge on any atom is 0.319 e. The number of anilines is 1. The second kappa shape index (κ2) is 6.76. The lowest BCUT2D eigenvalue weighted by atomic mass is 9.43. The highest BCUT2D eigenvalue weighted by Gasteiger charge is 2.60. The number of aliphatic hydroxyl groups excluding tert-OH is 1. The average Bonchev–Trinajstić information content (AvgIpc) is 2.90. The van der Waals surface area contributed by atoms with E-state index in [0.29, 0.717) is 15.7 Å². The first-order valence-electron chi connectivity index (χ1n) is 10.7. The van der Waals surface area contributed by atoms with Crippen LogP contribution in [0.15, 0.2) is 29.2 Å². The van der Waals surface area contributed by atoms with Crippen molar-refractivity contribution in [1.29, 1.82) is 0 Å². The van der Waals surface area contributed by atoms with E-state index in [1.165, 1.54) is 19.3 Å². The highest BCUT2D eigenvalue weighted by molar-refractivity contribution is 8.17. The van der Waals surface area contributed by atoms with Crippen molar-refractivity contribution < 1.29 is 14.7 Å². The fraction of sp³-hybridized carbons (Fsp3) is 0.565. The van der Waals surface area contributed by atoms with Crippen LogP contribution in [0, 0.1) is 16.7 Å². The Labute approximate surface area is 181 Å². The highest BCUT2D eigenvalue weighted by atomic mass is 32.2. The Kier molecular flexibility index (Phi) is 4.49. The molecule has 7 heteroatoms.